The first-order valence-electron chi connectivity index (χ1n) is 3.54. The fraction of sp³-hybridized carbons (Fsp3) is 0. The highest BCUT2D eigenvalue weighted by atomic mass is 33.1. The molecule has 12 heavy (non-hydrogen) atoms. The van der Waals surface area contributed by atoms with Crippen molar-refractivity contribution in [3.8, 4) is 0 Å². The van der Waals surface area contributed by atoms with Crippen molar-refractivity contribution in [1.82, 2.24) is 0 Å². The van der Waals surface area contributed by atoms with E-state index in [2.05, 4.69) is 25.3 Å². The number of hydrogen-bond donors (Lipinski definition) is 0. The molecule has 0 N–H and O–H groups in total. The molecular formula is C10H10S2. The second-order valence-corrected chi connectivity index (χ2v) is 4.48. The van der Waals surface area contributed by atoms with Crippen LogP contribution in [0.4, 0.5) is 0 Å². The van der Waals surface area contributed by atoms with Crippen LogP contribution >= 0.6 is 21.6 Å². The zero-order valence-corrected chi connectivity index (χ0v) is 8.33. The zero-order valence-electron chi connectivity index (χ0n) is 6.69. The third-order valence-corrected chi connectivity index (χ3v) is 3.61. The van der Waals surface area contributed by atoms with Gasteiger partial charge < -0.3 is 0 Å². The van der Waals surface area contributed by atoms with Gasteiger partial charge in [-0.1, -0.05) is 59.0 Å². The highest BCUT2D eigenvalue weighted by Crippen LogP contribution is 2.35. The average Bonchev–Trinajstić information content (AvgIpc) is 2.16. The van der Waals surface area contributed by atoms with Gasteiger partial charge in [0.2, 0.25) is 0 Å². The molecule has 0 heterocycles. The van der Waals surface area contributed by atoms with E-state index in [1.165, 1.54) is 4.90 Å². The molecule has 0 aliphatic heterocycles. The van der Waals surface area contributed by atoms with Gasteiger partial charge in [-0.25, -0.2) is 0 Å². The first-order valence-corrected chi connectivity index (χ1v) is 5.69. The lowest BCUT2D eigenvalue weighted by Crippen LogP contribution is -1.65. The van der Waals surface area contributed by atoms with Crippen molar-refractivity contribution < 1.29 is 0 Å². The van der Waals surface area contributed by atoms with Crippen molar-refractivity contribution in [2.75, 3.05) is 0 Å². The van der Waals surface area contributed by atoms with Gasteiger partial charge in [-0.15, -0.1) is 0 Å². The highest BCUT2D eigenvalue weighted by Gasteiger charge is 1.93. The van der Waals surface area contributed by atoms with Crippen molar-refractivity contribution in [3.63, 3.8) is 0 Å². The molecule has 0 nitrogen and oxygen atoms in total. The van der Waals surface area contributed by atoms with E-state index in [1.807, 2.05) is 18.2 Å². The molecule has 0 unspecified atom stereocenters. The molecule has 0 atom stereocenters. The molecule has 0 saturated carbocycles. The van der Waals surface area contributed by atoms with Crippen molar-refractivity contribution in [2.45, 2.75) is 4.90 Å². The molecule has 0 aliphatic carbocycles. The van der Waals surface area contributed by atoms with Crippen molar-refractivity contribution in [1.29, 1.82) is 0 Å². The Balaban J connectivity index is 2.43. The van der Waals surface area contributed by atoms with Crippen LogP contribution in [0.15, 0.2) is 59.4 Å². The minimum absolute atomic E-state index is 0.990. The summed E-state index contributed by atoms with van der Waals surface area (Å²) in [5.41, 5.74) is 0. The Kier molecular flexibility index (Phi) is 4.05. The number of benzene rings is 1. The Morgan fingerprint density at radius 2 is 1.92 bits per heavy atom. The molecular weight excluding hydrogens is 184 g/mol. The SMILES string of the molecule is C=CC(=C)SSc1ccccc1. The molecule has 0 fully saturated rings. The van der Waals surface area contributed by atoms with E-state index >= 15 is 0 Å². The summed E-state index contributed by atoms with van der Waals surface area (Å²) < 4.78 is 0. The largest absolute Gasteiger partial charge is 0.0979 e. The molecule has 0 bridgehead atoms. The van der Waals surface area contributed by atoms with Crippen LogP contribution in [0.25, 0.3) is 0 Å². The van der Waals surface area contributed by atoms with E-state index in [9.17, 15) is 0 Å². The molecule has 0 spiro atoms. The Bertz CT molecular complexity index is 264. The van der Waals surface area contributed by atoms with Gasteiger partial charge in [0.15, 0.2) is 0 Å². The first kappa shape index (κ1) is 9.49. The standard InChI is InChI=1S/C10H10S2/c1-3-9(2)11-12-10-7-5-4-6-8-10/h3-8H,1-2H2. The summed E-state index contributed by atoms with van der Waals surface area (Å²) in [4.78, 5) is 2.23. The fourth-order valence-corrected chi connectivity index (χ4v) is 2.30. The van der Waals surface area contributed by atoms with Gasteiger partial charge in [0, 0.05) is 9.80 Å². The quantitative estimate of drug-likeness (QED) is 0.522. The third kappa shape index (κ3) is 3.20. The fourth-order valence-electron chi connectivity index (χ4n) is 0.612. The van der Waals surface area contributed by atoms with Gasteiger partial charge in [0.05, 0.1) is 0 Å². The topological polar surface area (TPSA) is 0 Å². The van der Waals surface area contributed by atoms with E-state index in [4.69, 9.17) is 0 Å². The van der Waals surface area contributed by atoms with E-state index in [-0.39, 0.29) is 0 Å². The smallest absolute Gasteiger partial charge is 0.0186 e. The molecule has 1 aromatic rings. The van der Waals surface area contributed by atoms with Gasteiger partial charge in [-0.05, 0) is 12.1 Å². The van der Waals surface area contributed by atoms with Crippen LogP contribution in [-0.4, -0.2) is 0 Å². The molecule has 0 aliphatic rings. The third-order valence-electron chi connectivity index (χ3n) is 1.22. The first-order chi connectivity index (χ1) is 5.83. The van der Waals surface area contributed by atoms with E-state index in [0.717, 1.165) is 4.91 Å². The summed E-state index contributed by atoms with van der Waals surface area (Å²) in [5, 5.41) is 0. The van der Waals surface area contributed by atoms with Crippen molar-refractivity contribution in [2.24, 2.45) is 0 Å². The molecule has 1 rings (SSSR count). The zero-order chi connectivity index (χ0) is 8.81. The minimum Gasteiger partial charge on any atom is -0.0979 e. The van der Waals surface area contributed by atoms with Crippen LogP contribution in [-0.2, 0) is 0 Å². The van der Waals surface area contributed by atoms with E-state index < -0.39 is 0 Å². The molecule has 0 saturated heterocycles. The maximum atomic E-state index is 3.81. The van der Waals surface area contributed by atoms with E-state index in [1.54, 1.807) is 27.7 Å². The minimum atomic E-state index is 0.990. The lowest BCUT2D eigenvalue weighted by Gasteiger charge is -1.98. The molecule has 0 amide bonds. The Morgan fingerprint density at radius 1 is 1.25 bits per heavy atom. The summed E-state index contributed by atoms with van der Waals surface area (Å²) in [5.74, 6) is 0. The van der Waals surface area contributed by atoms with Crippen molar-refractivity contribution >= 4 is 21.6 Å². The summed E-state index contributed by atoms with van der Waals surface area (Å²) in [6.45, 7) is 7.45. The molecule has 2 heteroatoms. The summed E-state index contributed by atoms with van der Waals surface area (Å²) >= 11 is 0. The maximum Gasteiger partial charge on any atom is 0.0186 e. The molecule has 0 aromatic heterocycles. The summed E-state index contributed by atoms with van der Waals surface area (Å²) in [6, 6.07) is 10.2. The predicted octanol–water partition coefficient (Wildman–Crippen LogP) is 4.13. The summed E-state index contributed by atoms with van der Waals surface area (Å²) in [7, 11) is 3.33. The van der Waals surface area contributed by atoms with Crippen LogP contribution < -0.4 is 0 Å². The van der Waals surface area contributed by atoms with Crippen LogP contribution in [0.5, 0.6) is 0 Å². The van der Waals surface area contributed by atoms with Gasteiger partial charge in [-0.2, -0.15) is 0 Å². The van der Waals surface area contributed by atoms with Crippen LogP contribution in [0.2, 0.25) is 0 Å². The number of hydrogen-bond acceptors (Lipinski definition) is 2. The lowest BCUT2D eigenvalue weighted by atomic mass is 10.4. The molecule has 62 valence electrons. The normalized spacial score (nSPS) is 9.33. The van der Waals surface area contributed by atoms with Gasteiger partial charge >= 0.3 is 0 Å². The van der Waals surface area contributed by atoms with Crippen LogP contribution in [0.1, 0.15) is 0 Å². The predicted molar refractivity (Wildman–Crippen MR) is 59.2 cm³/mol. The Labute approximate surface area is 81.2 Å². The average molecular weight is 194 g/mol. The van der Waals surface area contributed by atoms with Crippen molar-refractivity contribution in [3.05, 3.63) is 54.5 Å². The monoisotopic (exact) mass is 194 g/mol. The number of rotatable bonds is 4. The second-order valence-electron chi connectivity index (χ2n) is 2.15. The van der Waals surface area contributed by atoms with Gasteiger partial charge in [-0.3, -0.25) is 0 Å². The Hall–Kier alpha value is -0.600. The second kappa shape index (κ2) is 5.12. The van der Waals surface area contributed by atoms with Crippen LogP contribution in [0, 0.1) is 0 Å². The number of allylic oxidation sites excluding steroid dienone is 1. The lowest BCUT2D eigenvalue weighted by molar-refractivity contribution is 1.48. The van der Waals surface area contributed by atoms with Gasteiger partial charge in [0.25, 0.3) is 0 Å². The van der Waals surface area contributed by atoms with Gasteiger partial charge in [0.1, 0.15) is 0 Å². The van der Waals surface area contributed by atoms with Crippen LogP contribution in [0.3, 0.4) is 0 Å². The molecule has 0 radical (unpaired) electrons. The molecule has 1 aromatic carbocycles. The Morgan fingerprint density at radius 3 is 2.50 bits per heavy atom. The maximum absolute atomic E-state index is 3.81. The summed E-state index contributed by atoms with van der Waals surface area (Å²) in [6.07, 6.45) is 1.76. The van der Waals surface area contributed by atoms with E-state index in [0.29, 0.717) is 0 Å². The highest BCUT2D eigenvalue weighted by molar-refractivity contribution is 8.78.